The van der Waals surface area contributed by atoms with Crippen LogP contribution in [0.4, 0.5) is 0 Å². The summed E-state index contributed by atoms with van der Waals surface area (Å²) in [6.45, 7) is 6.71. The Labute approximate surface area is 84.8 Å². The van der Waals surface area contributed by atoms with Gasteiger partial charge < -0.3 is 9.64 Å². The molecule has 5 nitrogen and oxygen atoms in total. The van der Waals surface area contributed by atoms with Gasteiger partial charge in [-0.25, -0.2) is 5.01 Å². The summed E-state index contributed by atoms with van der Waals surface area (Å²) in [5, 5.41) is 1.81. The van der Waals surface area contributed by atoms with Crippen molar-refractivity contribution < 1.29 is 9.53 Å². The van der Waals surface area contributed by atoms with Crippen LogP contribution in [0, 0.1) is 0 Å². The third-order valence-corrected chi connectivity index (χ3v) is 2.34. The van der Waals surface area contributed by atoms with Gasteiger partial charge in [-0.1, -0.05) is 0 Å². The quantitative estimate of drug-likeness (QED) is 0.487. The second kappa shape index (κ2) is 5.95. The Morgan fingerprint density at radius 3 is 2.57 bits per heavy atom. The van der Waals surface area contributed by atoms with E-state index < -0.39 is 0 Å². The van der Waals surface area contributed by atoms with Gasteiger partial charge in [0.2, 0.25) is 0 Å². The van der Waals surface area contributed by atoms with Crippen LogP contribution in [0.25, 0.3) is 0 Å². The second-order valence-corrected chi connectivity index (χ2v) is 3.43. The molecule has 0 spiro atoms. The molecule has 0 bridgehead atoms. The Balaban J connectivity index is 2.09. The van der Waals surface area contributed by atoms with Gasteiger partial charge in [0.15, 0.2) is 0 Å². The van der Waals surface area contributed by atoms with Crippen LogP contribution in [0.1, 0.15) is 13.3 Å². The van der Waals surface area contributed by atoms with Gasteiger partial charge in [-0.05, 0) is 6.92 Å². The van der Waals surface area contributed by atoms with Crippen LogP contribution < -0.4 is 5.84 Å². The van der Waals surface area contributed by atoms with Crippen molar-refractivity contribution in [3.8, 4) is 0 Å². The topological polar surface area (TPSA) is 58.8 Å². The van der Waals surface area contributed by atoms with Crippen molar-refractivity contribution in [2.45, 2.75) is 13.3 Å². The van der Waals surface area contributed by atoms with E-state index in [4.69, 9.17) is 10.6 Å². The third kappa shape index (κ3) is 4.04. The van der Waals surface area contributed by atoms with Crippen molar-refractivity contribution in [2.75, 3.05) is 39.3 Å². The molecule has 0 amide bonds. The number of piperazine rings is 1. The van der Waals surface area contributed by atoms with Crippen LogP contribution >= 0.6 is 0 Å². The second-order valence-electron chi connectivity index (χ2n) is 3.43. The van der Waals surface area contributed by atoms with Gasteiger partial charge in [0.1, 0.15) is 0 Å². The van der Waals surface area contributed by atoms with Crippen LogP contribution in [0.3, 0.4) is 0 Å². The highest BCUT2D eigenvalue weighted by Crippen LogP contribution is 1.99. The van der Waals surface area contributed by atoms with Gasteiger partial charge >= 0.3 is 5.97 Å². The van der Waals surface area contributed by atoms with E-state index in [0.717, 1.165) is 32.7 Å². The van der Waals surface area contributed by atoms with E-state index in [1.807, 2.05) is 6.92 Å². The van der Waals surface area contributed by atoms with E-state index in [9.17, 15) is 4.79 Å². The van der Waals surface area contributed by atoms with Crippen LogP contribution in [0.2, 0.25) is 0 Å². The number of carbonyl (C=O) groups is 1. The number of hydrazine groups is 1. The summed E-state index contributed by atoms with van der Waals surface area (Å²) in [5.41, 5.74) is 0. The molecule has 0 saturated carbocycles. The molecule has 1 rings (SSSR count). The zero-order valence-corrected chi connectivity index (χ0v) is 8.74. The zero-order valence-electron chi connectivity index (χ0n) is 8.74. The number of nitrogens with two attached hydrogens (primary N) is 1. The number of hydrogen-bond acceptors (Lipinski definition) is 5. The van der Waals surface area contributed by atoms with Crippen LogP contribution in [-0.2, 0) is 9.53 Å². The SMILES string of the molecule is CCOC(=O)CCN1CCN(N)CC1. The molecule has 2 N–H and O–H groups in total. The Morgan fingerprint density at radius 1 is 1.36 bits per heavy atom. The van der Waals surface area contributed by atoms with E-state index in [0.29, 0.717) is 13.0 Å². The Kier molecular flexibility index (Phi) is 4.86. The summed E-state index contributed by atoms with van der Waals surface area (Å²) in [6, 6.07) is 0. The third-order valence-electron chi connectivity index (χ3n) is 2.34. The summed E-state index contributed by atoms with van der Waals surface area (Å²) in [7, 11) is 0. The zero-order chi connectivity index (χ0) is 10.4. The van der Waals surface area contributed by atoms with Gasteiger partial charge in [0.25, 0.3) is 0 Å². The monoisotopic (exact) mass is 201 g/mol. The molecular weight excluding hydrogens is 182 g/mol. The maximum atomic E-state index is 11.1. The average molecular weight is 201 g/mol. The Morgan fingerprint density at radius 2 is 2.00 bits per heavy atom. The minimum atomic E-state index is -0.109. The predicted molar refractivity (Wildman–Crippen MR) is 53.5 cm³/mol. The first kappa shape index (κ1) is 11.4. The lowest BCUT2D eigenvalue weighted by atomic mass is 10.3. The molecule has 0 aromatic rings. The van der Waals surface area contributed by atoms with E-state index >= 15 is 0 Å². The highest BCUT2D eigenvalue weighted by Gasteiger charge is 2.14. The van der Waals surface area contributed by atoms with Gasteiger partial charge in [-0.15, -0.1) is 0 Å². The summed E-state index contributed by atoms with van der Waals surface area (Å²) >= 11 is 0. The molecule has 1 aliphatic heterocycles. The fourth-order valence-electron chi connectivity index (χ4n) is 1.47. The molecule has 82 valence electrons. The number of nitrogens with zero attached hydrogens (tertiary/aromatic N) is 2. The summed E-state index contributed by atoms with van der Waals surface area (Å²) < 4.78 is 4.85. The first-order valence-electron chi connectivity index (χ1n) is 5.10. The molecule has 0 radical (unpaired) electrons. The van der Waals surface area contributed by atoms with Crippen molar-refractivity contribution in [1.29, 1.82) is 0 Å². The number of hydrogen-bond donors (Lipinski definition) is 1. The fourth-order valence-corrected chi connectivity index (χ4v) is 1.47. The first-order chi connectivity index (χ1) is 6.72. The lowest BCUT2D eigenvalue weighted by Crippen LogP contribution is -2.49. The van der Waals surface area contributed by atoms with Gasteiger partial charge in [-0.2, -0.15) is 0 Å². The minimum Gasteiger partial charge on any atom is -0.466 e. The molecule has 1 aliphatic rings. The standard InChI is InChI=1S/C9H19N3O2/c1-2-14-9(13)3-4-11-5-7-12(10)8-6-11/h2-8,10H2,1H3. The number of ether oxygens (including phenoxy) is 1. The molecule has 0 atom stereocenters. The molecular formula is C9H19N3O2. The molecule has 1 heterocycles. The van der Waals surface area contributed by atoms with Gasteiger partial charge in [0.05, 0.1) is 13.0 Å². The molecule has 0 aromatic heterocycles. The normalized spacial score (nSPS) is 19.6. The largest absolute Gasteiger partial charge is 0.466 e. The lowest BCUT2D eigenvalue weighted by Gasteiger charge is -2.31. The summed E-state index contributed by atoms with van der Waals surface area (Å²) in [5.74, 6) is 5.51. The summed E-state index contributed by atoms with van der Waals surface area (Å²) in [6.07, 6.45) is 0.485. The Hall–Kier alpha value is -0.650. The fraction of sp³-hybridized carbons (Fsp3) is 0.889. The van der Waals surface area contributed by atoms with Crippen molar-refractivity contribution in [3.05, 3.63) is 0 Å². The highest BCUT2D eigenvalue weighted by atomic mass is 16.5. The van der Waals surface area contributed by atoms with E-state index in [-0.39, 0.29) is 5.97 Å². The predicted octanol–water partition coefficient (Wildman–Crippen LogP) is -0.569. The number of esters is 1. The first-order valence-corrected chi connectivity index (χ1v) is 5.10. The minimum absolute atomic E-state index is 0.109. The maximum Gasteiger partial charge on any atom is 0.307 e. The summed E-state index contributed by atoms with van der Waals surface area (Å²) in [4.78, 5) is 13.3. The van der Waals surface area contributed by atoms with Crippen molar-refractivity contribution >= 4 is 5.97 Å². The number of rotatable bonds is 4. The molecule has 14 heavy (non-hydrogen) atoms. The van der Waals surface area contributed by atoms with Crippen LogP contribution in [0.5, 0.6) is 0 Å². The maximum absolute atomic E-state index is 11.1. The van der Waals surface area contributed by atoms with Gasteiger partial charge in [-0.3, -0.25) is 10.6 Å². The number of carbonyl (C=O) groups excluding carboxylic acids is 1. The van der Waals surface area contributed by atoms with E-state index in [1.54, 1.807) is 5.01 Å². The van der Waals surface area contributed by atoms with Crippen LogP contribution in [-0.4, -0.2) is 55.2 Å². The molecule has 0 aromatic carbocycles. The van der Waals surface area contributed by atoms with E-state index in [2.05, 4.69) is 4.90 Å². The van der Waals surface area contributed by atoms with Crippen molar-refractivity contribution in [3.63, 3.8) is 0 Å². The molecule has 0 unspecified atom stereocenters. The van der Waals surface area contributed by atoms with Crippen LogP contribution in [0.15, 0.2) is 0 Å². The molecule has 5 heteroatoms. The van der Waals surface area contributed by atoms with Gasteiger partial charge in [0, 0.05) is 32.7 Å². The molecule has 1 saturated heterocycles. The van der Waals surface area contributed by atoms with Crippen molar-refractivity contribution in [2.24, 2.45) is 5.84 Å². The smallest absolute Gasteiger partial charge is 0.307 e. The Bertz CT molecular complexity index is 179. The highest BCUT2D eigenvalue weighted by molar-refractivity contribution is 5.69. The van der Waals surface area contributed by atoms with E-state index in [1.165, 1.54) is 0 Å². The average Bonchev–Trinajstić information content (AvgIpc) is 2.17. The lowest BCUT2D eigenvalue weighted by molar-refractivity contribution is -0.143. The molecule has 1 fully saturated rings. The molecule has 0 aliphatic carbocycles. The van der Waals surface area contributed by atoms with Crippen molar-refractivity contribution in [1.82, 2.24) is 9.91 Å².